The molecule has 0 unspecified atom stereocenters. The third-order valence-electron chi connectivity index (χ3n) is 3.80. The highest BCUT2D eigenvalue weighted by molar-refractivity contribution is 7.08. The summed E-state index contributed by atoms with van der Waals surface area (Å²) in [6.07, 6.45) is 0.161. The molecule has 1 amide bonds. The van der Waals surface area contributed by atoms with Crippen molar-refractivity contribution in [1.82, 2.24) is 0 Å². The Kier molecular flexibility index (Phi) is 7.24. The van der Waals surface area contributed by atoms with Gasteiger partial charge in [-0.1, -0.05) is 0 Å². The van der Waals surface area contributed by atoms with E-state index in [1.807, 2.05) is 48.0 Å². The van der Waals surface area contributed by atoms with E-state index in [0.29, 0.717) is 23.8 Å². The SMILES string of the molecule is CCOc1ccc(Oc2ccc(NC(=O)COC(=O)Cc3ccsc3)cc2)cc1. The molecule has 3 aromatic rings. The van der Waals surface area contributed by atoms with Gasteiger partial charge in [0.2, 0.25) is 0 Å². The van der Waals surface area contributed by atoms with Crippen LogP contribution in [-0.4, -0.2) is 25.1 Å². The summed E-state index contributed by atoms with van der Waals surface area (Å²) in [5.74, 6) is 1.27. The second-order valence-corrected chi connectivity index (χ2v) is 6.83. The lowest BCUT2D eigenvalue weighted by atomic mass is 10.2. The summed E-state index contributed by atoms with van der Waals surface area (Å²) in [7, 11) is 0. The molecule has 0 aliphatic rings. The van der Waals surface area contributed by atoms with E-state index in [1.54, 1.807) is 24.3 Å². The molecule has 0 saturated heterocycles. The van der Waals surface area contributed by atoms with Crippen LogP contribution in [0.5, 0.6) is 17.2 Å². The van der Waals surface area contributed by atoms with Crippen molar-refractivity contribution >= 4 is 28.9 Å². The molecule has 1 heterocycles. The van der Waals surface area contributed by atoms with Crippen LogP contribution in [0.4, 0.5) is 5.69 Å². The van der Waals surface area contributed by atoms with Gasteiger partial charge in [-0.25, -0.2) is 0 Å². The second-order valence-electron chi connectivity index (χ2n) is 6.05. The van der Waals surface area contributed by atoms with Crippen molar-refractivity contribution in [3.63, 3.8) is 0 Å². The van der Waals surface area contributed by atoms with Gasteiger partial charge >= 0.3 is 5.97 Å². The molecule has 0 atom stereocenters. The van der Waals surface area contributed by atoms with Gasteiger partial charge in [-0.2, -0.15) is 11.3 Å². The number of nitrogens with one attached hydrogen (secondary N) is 1. The van der Waals surface area contributed by atoms with Crippen LogP contribution in [0, 0.1) is 0 Å². The van der Waals surface area contributed by atoms with Crippen LogP contribution < -0.4 is 14.8 Å². The zero-order chi connectivity index (χ0) is 20.5. The predicted octanol–water partition coefficient (Wildman–Crippen LogP) is 4.66. The smallest absolute Gasteiger partial charge is 0.310 e. The maximum absolute atomic E-state index is 12.0. The highest BCUT2D eigenvalue weighted by atomic mass is 32.1. The monoisotopic (exact) mass is 411 g/mol. The van der Waals surface area contributed by atoms with Gasteiger partial charge < -0.3 is 19.5 Å². The first-order chi connectivity index (χ1) is 14.1. The van der Waals surface area contributed by atoms with Crippen molar-refractivity contribution in [3.05, 3.63) is 70.9 Å². The minimum atomic E-state index is -0.433. The first-order valence-corrected chi connectivity index (χ1v) is 10.0. The number of hydrogen-bond acceptors (Lipinski definition) is 6. The summed E-state index contributed by atoms with van der Waals surface area (Å²) in [4.78, 5) is 23.7. The third kappa shape index (κ3) is 6.65. The van der Waals surface area contributed by atoms with Gasteiger partial charge in [-0.3, -0.25) is 9.59 Å². The molecule has 0 bridgehead atoms. The van der Waals surface area contributed by atoms with E-state index in [0.717, 1.165) is 11.3 Å². The Hall–Kier alpha value is -3.32. The number of hydrogen-bond donors (Lipinski definition) is 1. The van der Waals surface area contributed by atoms with Crippen molar-refractivity contribution < 1.29 is 23.8 Å². The Morgan fingerprint density at radius 2 is 1.59 bits per heavy atom. The average Bonchev–Trinajstić information content (AvgIpc) is 3.23. The lowest BCUT2D eigenvalue weighted by Gasteiger charge is -2.09. The minimum Gasteiger partial charge on any atom is -0.494 e. The number of carbonyl (C=O) groups excluding carboxylic acids is 2. The number of benzene rings is 2. The molecule has 0 radical (unpaired) electrons. The molecule has 1 aromatic heterocycles. The van der Waals surface area contributed by atoms with E-state index >= 15 is 0 Å². The van der Waals surface area contributed by atoms with Crippen molar-refractivity contribution in [1.29, 1.82) is 0 Å². The molecule has 29 heavy (non-hydrogen) atoms. The summed E-state index contributed by atoms with van der Waals surface area (Å²) >= 11 is 1.51. The molecule has 0 spiro atoms. The minimum absolute atomic E-state index is 0.161. The normalized spacial score (nSPS) is 10.2. The number of rotatable bonds is 9. The lowest BCUT2D eigenvalue weighted by Crippen LogP contribution is -2.21. The highest BCUT2D eigenvalue weighted by Gasteiger charge is 2.09. The summed E-state index contributed by atoms with van der Waals surface area (Å²) < 4.78 is 16.2. The standard InChI is InChI=1S/C22H21NO5S/c1-2-26-18-7-9-20(10-8-18)28-19-5-3-17(4-6-19)23-21(24)14-27-22(25)13-16-11-12-29-15-16/h3-12,15H,2,13-14H2,1H3,(H,23,24). The molecule has 6 nitrogen and oxygen atoms in total. The molecule has 3 rings (SSSR count). The van der Waals surface area contributed by atoms with Gasteiger partial charge in [0.15, 0.2) is 6.61 Å². The fraction of sp³-hybridized carbons (Fsp3) is 0.182. The van der Waals surface area contributed by atoms with Gasteiger partial charge in [0.1, 0.15) is 17.2 Å². The Bertz CT molecular complexity index is 921. The first-order valence-electron chi connectivity index (χ1n) is 9.09. The van der Waals surface area contributed by atoms with Crippen LogP contribution in [-0.2, 0) is 20.7 Å². The van der Waals surface area contributed by atoms with Crippen LogP contribution in [0.3, 0.4) is 0 Å². The molecule has 0 aliphatic carbocycles. The zero-order valence-corrected chi connectivity index (χ0v) is 16.7. The van der Waals surface area contributed by atoms with Gasteiger partial charge in [-0.05, 0) is 77.8 Å². The Morgan fingerprint density at radius 1 is 0.931 bits per heavy atom. The molecule has 7 heteroatoms. The van der Waals surface area contributed by atoms with E-state index in [2.05, 4.69) is 5.32 Å². The van der Waals surface area contributed by atoms with Crippen LogP contribution in [0.15, 0.2) is 65.4 Å². The summed E-state index contributed by atoms with van der Waals surface area (Å²) in [6.45, 7) is 2.22. The average molecular weight is 411 g/mol. The summed E-state index contributed by atoms with van der Waals surface area (Å²) in [5.41, 5.74) is 1.46. The Morgan fingerprint density at radius 3 is 2.21 bits per heavy atom. The van der Waals surface area contributed by atoms with E-state index in [1.165, 1.54) is 11.3 Å². The lowest BCUT2D eigenvalue weighted by molar-refractivity contribution is -0.146. The van der Waals surface area contributed by atoms with E-state index in [4.69, 9.17) is 14.2 Å². The molecular weight excluding hydrogens is 390 g/mol. The molecule has 2 aromatic carbocycles. The predicted molar refractivity (Wildman–Crippen MR) is 112 cm³/mol. The van der Waals surface area contributed by atoms with Gasteiger partial charge in [0.05, 0.1) is 13.0 Å². The van der Waals surface area contributed by atoms with Gasteiger partial charge in [0.25, 0.3) is 5.91 Å². The molecule has 0 fully saturated rings. The van der Waals surface area contributed by atoms with Crippen LogP contribution in [0.2, 0.25) is 0 Å². The topological polar surface area (TPSA) is 73.9 Å². The zero-order valence-electron chi connectivity index (χ0n) is 15.9. The van der Waals surface area contributed by atoms with E-state index < -0.39 is 11.9 Å². The van der Waals surface area contributed by atoms with Crippen LogP contribution in [0.1, 0.15) is 12.5 Å². The number of ether oxygens (including phenoxy) is 3. The van der Waals surface area contributed by atoms with Gasteiger partial charge in [-0.15, -0.1) is 0 Å². The third-order valence-corrected chi connectivity index (χ3v) is 4.53. The fourth-order valence-corrected chi connectivity index (χ4v) is 3.14. The van der Waals surface area contributed by atoms with Crippen molar-refractivity contribution in [3.8, 4) is 17.2 Å². The molecule has 1 N–H and O–H groups in total. The number of thiophene rings is 1. The second kappa shape index (κ2) is 10.3. The highest BCUT2D eigenvalue weighted by Crippen LogP contribution is 2.25. The largest absolute Gasteiger partial charge is 0.494 e. The number of anilines is 1. The molecule has 150 valence electrons. The number of carbonyl (C=O) groups is 2. The van der Waals surface area contributed by atoms with Crippen molar-refractivity contribution in [2.45, 2.75) is 13.3 Å². The van der Waals surface area contributed by atoms with Crippen molar-refractivity contribution in [2.24, 2.45) is 0 Å². The summed E-state index contributed by atoms with van der Waals surface area (Å²) in [5, 5.41) is 6.44. The fourth-order valence-electron chi connectivity index (χ4n) is 2.47. The Balaban J connectivity index is 1.44. The molecule has 0 aliphatic heterocycles. The van der Waals surface area contributed by atoms with Gasteiger partial charge in [0, 0.05) is 5.69 Å². The molecule has 0 saturated carbocycles. The van der Waals surface area contributed by atoms with E-state index in [-0.39, 0.29) is 13.0 Å². The first kappa shape index (κ1) is 20.4. The van der Waals surface area contributed by atoms with E-state index in [9.17, 15) is 9.59 Å². The Labute approximate surface area is 173 Å². The van der Waals surface area contributed by atoms with Crippen LogP contribution in [0.25, 0.3) is 0 Å². The maximum atomic E-state index is 12.0. The summed E-state index contributed by atoms with van der Waals surface area (Å²) in [6, 6.07) is 16.1. The van der Waals surface area contributed by atoms with Crippen molar-refractivity contribution in [2.75, 3.05) is 18.5 Å². The maximum Gasteiger partial charge on any atom is 0.310 e. The van der Waals surface area contributed by atoms with Crippen LogP contribution >= 0.6 is 11.3 Å². The quantitative estimate of drug-likeness (QED) is 0.518. The molecular formula is C22H21NO5S. The number of amides is 1. The number of esters is 1.